The molecule has 1 N–H and O–H groups in total. The number of nitrogens with one attached hydrogen (secondary N) is 1. The van der Waals surface area contributed by atoms with E-state index in [0.29, 0.717) is 34.3 Å². The summed E-state index contributed by atoms with van der Waals surface area (Å²) in [5, 5.41) is 12.6. The van der Waals surface area contributed by atoms with Crippen LogP contribution in [0.15, 0.2) is 35.4 Å². The van der Waals surface area contributed by atoms with Gasteiger partial charge in [-0.2, -0.15) is 5.26 Å². The number of benzene rings is 1. The smallest absolute Gasteiger partial charge is 0.225 e. The Morgan fingerprint density at radius 2 is 2.00 bits per heavy atom. The number of thioether (sulfide) groups is 1. The summed E-state index contributed by atoms with van der Waals surface area (Å²) >= 11 is 1.40. The Hall–Kier alpha value is -2.39. The van der Waals surface area contributed by atoms with Gasteiger partial charge in [-0.3, -0.25) is 4.79 Å². The molecular formula is C16H16N4OS. The lowest BCUT2D eigenvalue weighted by Gasteiger charge is -2.07. The quantitative estimate of drug-likeness (QED) is 0.678. The molecule has 0 bridgehead atoms. The molecule has 1 aromatic heterocycles. The first-order valence-electron chi connectivity index (χ1n) is 6.83. The lowest BCUT2D eigenvalue weighted by atomic mass is 10.3. The van der Waals surface area contributed by atoms with Gasteiger partial charge < -0.3 is 5.32 Å². The van der Waals surface area contributed by atoms with Gasteiger partial charge >= 0.3 is 0 Å². The second kappa shape index (κ2) is 7.57. The summed E-state index contributed by atoms with van der Waals surface area (Å²) in [5.74, 6) is 1.14. The molecule has 1 amide bonds. The number of amides is 1. The minimum Gasteiger partial charge on any atom is -0.326 e. The van der Waals surface area contributed by atoms with Crippen LogP contribution in [-0.2, 0) is 4.79 Å². The summed E-state index contributed by atoms with van der Waals surface area (Å²) < 4.78 is 0. The highest BCUT2D eigenvalue weighted by atomic mass is 32.2. The van der Waals surface area contributed by atoms with Crippen molar-refractivity contribution in [2.45, 2.75) is 25.3 Å². The molecule has 0 aliphatic heterocycles. The van der Waals surface area contributed by atoms with Gasteiger partial charge in [0.15, 0.2) is 0 Å². The zero-order valence-electron chi connectivity index (χ0n) is 12.5. The Morgan fingerprint density at radius 1 is 1.27 bits per heavy atom. The van der Waals surface area contributed by atoms with E-state index < -0.39 is 0 Å². The Bertz CT molecular complexity index is 710. The maximum atomic E-state index is 11.9. The Balaban J connectivity index is 1.92. The van der Waals surface area contributed by atoms with E-state index in [1.165, 1.54) is 11.8 Å². The van der Waals surface area contributed by atoms with Gasteiger partial charge in [0.05, 0.1) is 5.69 Å². The fraction of sp³-hybridized carbons (Fsp3) is 0.250. The van der Waals surface area contributed by atoms with Gasteiger partial charge in [-0.15, -0.1) is 11.8 Å². The molecule has 2 aromatic rings. The third-order valence-corrected chi connectivity index (χ3v) is 3.88. The first-order valence-corrected chi connectivity index (χ1v) is 7.81. The van der Waals surface area contributed by atoms with Gasteiger partial charge in [0.25, 0.3) is 0 Å². The number of aryl methyl sites for hydroxylation is 2. The van der Waals surface area contributed by atoms with Crippen LogP contribution < -0.4 is 5.32 Å². The van der Waals surface area contributed by atoms with Gasteiger partial charge in [-0.1, -0.05) is 18.2 Å². The summed E-state index contributed by atoms with van der Waals surface area (Å²) in [4.78, 5) is 20.3. The number of hydrogen-bond acceptors (Lipinski definition) is 5. The van der Waals surface area contributed by atoms with Crippen LogP contribution in [0.1, 0.15) is 23.5 Å². The van der Waals surface area contributed by atoms with Crippen molar-refractivity contribution in [1.29, 1.82) is 5.26 Å². The van der Waals surface area contributed by atoms with Crippen LogP contribution in [0.3, 0.4) is 0 Å². The maximum absolute atomic E-state index is 11.9. The lowest BCUT2D eigenvalue weighted by Crippen LogP contribution is -2.12. The van der Waals surface area contributed by atoms with Crippen molar-refractivity contribution in [3.05, 3.63) is 47.4 Å². The molecule has 1 aromatic carbocycles. The Labute approximate surface area is 133 Å². The van der Waals surface area contributed by atoms with Gasteiger partial charge in [-0.25, -0.2) is 9.97 Å². The van der Waals surface area contributed by atoms with E-state index in [2.05, 4.69) is 21.4 Å². The molecule has 112 valence electrons. The molecular weight excluding hydrogens is 296 g/mol. The zero-order chi connectivity index (χ0) is 15.9. The molecule has 0 spiro atoms. The minimum absolute atomic E-state index is 0.0558. The monoisotopic (exact) mass is 312 g/mol. The van der Waals surface area contributed by atoms with Crippen LogP contribution in [0.5, 0.6) is 0 Å². The third-order valence-electron chi connectivity index (χ3n) is 2.91. The molecule has 0 atom stereocenters. The fourth-order valence-corrected chi connectivity index (χ4v) is 2.91. The number of nitrogens with zero attached hydrogens (tertiary/aromatic N) is 3. The molecule has 22 heavy (non-hydrogen) atoms. The van der Waals surface area contributed by atoms with E-state index in [0.717, 1.165) is 5.69 Å². The molecule has 2 rings (SSSR count). The van der Waals surface area contributed by atoms with E-state index in [1.54, 1.807) is 13.8 Å². The SMILES string of the molecule is Cc1nc(C)c(C#N)c(SCCC(=O)Nc2ccccc2)n1. The van der Waals surface area contributed by atoms with Gasteiger partial charge in [0.2, 0.25) is 5.91 Å². The van der Waals surface area contributed by atoms with Gasteiger partial charge in [0.1, 0.15) is 22.5 Å². The number of para-hydroxylation sites is 1. The number of carbonyl (C=O) groups is 1. The highest BCUT2D eigenvalue weighted by molar-refractivity contribution is 7.99. The summed E-state index contributed by atoms with van der Waals surface area (Å²) in [6, 6.07) is 11.4. The van der Waals surface area contributed by atoms with E-state index >= 15 is 0 Å². The van der Waals surface area contributed by atoms with Crippen LogP contribution in [0.25, 0.3) is 0 Å². The van der Waals surface area contributed by atoms with Crippen molar-refractivity contribution >= 4 is 23.4 Å². The Kier molecular flexibility index (Phi) is 5.50. The van der Waals surface area contributed by atoms with Crippen LogP contribution in [0.2, 0.25) is 0 Å². The van der Waals surface area contributed by atoms with Crippen molar-refractivity contribution in [1.82, 2.24) is 9.97 Å². The van der Waals surface area contributed by atoms with E-state index in [1.807, 2.05) is 30.3 Å². The predicted octanol–water partition coefficient (Wildman–Crippen LogP) is 3.09. The average Bonchev–Trinajstić information content (AvgIpc) is 2.48. The van der Waals surface area contributed by atoms with Crippen LogP contribution in [0, 0.1) is 25.2 Å². The minimum atomic E-state index is -0.0558. The molecule has 1 heterocycles. The molecule has 0 fully saturated rings. The number of anilines is 1. The molecule has 0 radical (unpaired) electrons. The normalized spacial score (nSPS) is 10.0. The summed E-state index contributed by atoms with van der Waals surface area (Å²) in [7, 11) is 0. The van der Waals surface area contributed by atoms with Crippen molar-refractivity contribution < 1.29 is 4.79 Å². The van der Waals surface area contributed by atoms with Crippen LogP contribution in [-0.4, -0.2) is 21.6 Å². The van der Waals surface area contributed by atoms with E-state index in [-0.39, 0.29) is 5.91 Å². The zero-order valence-corrected chi connectivity index (χ0v) is 13.3. The number of nitriles is 1. The molecule has 5 nitrogen and oxygen atoms in total. The average molecular weight is 312 g/mol. The second-order valence-corrected chi connectivity index (χ2v) is 5.74. The van der Waals surface area contributed by atoms with Crippen LogP contribution >= 0.6 is 11.8 Å². The highest BCUT2D eigenvalue weighted by Crippen LogP contribution is 2.22. The van der Waals surface area contributed by atoms with Gasteiger partial charge in [-0.05, 0) is 26.0 Å². The molecule has 0 saturated carbocycles. The Morgan fingerprint density at radius 3 is 2.68 bits per heavy atom. The molecule has 0 saturated heterocycles. The maximum Gasteiger partial charge on any atom is 0.225 e. The van der Waals surface area contributed by atoms with E-state index in [9.17, 15) is 10.1 Å². The number of rotatable bonds is 5. The number of hydrogen-bond donors (Lipinski definition) is 1. The first kappa shape index (κ1) is 16.0. The highest BCUT2D eigenvalue weighted by Gasteiger charge is 2.11. The molecule has 0 aliphatic carbocycles. The number of aromatic nitrogens is 2. The molecule has 0 aliphatic rings. The third kappa shape index (κ3) is 4.30. The largest absolute Gasteiger partial charge is 0.326 e. The molecule has 0 unspecified atom stereocenters. The number of carbonyl (C=O) groups excluding carboxylic acids is 1. The second-order valence-electron chi connectivity index (χ2n) is 4.66. The van der Waals surface area contributed by atoms with Crippen LogP contribution in [0.4, 0.5) is 5.69 Å². The summed E-state index contributed by atoms with van der Waals surface area (Å²) in [5.41, 5.74) is 1.94. The topological polar surface area (TPSA) is 78.7 Å². The molecule has 6 heteroatoms. The van der Waals surface area contributed by atoms with Crippen molar-refractivity contribution in [3.8, 4) is 6.07 Å². The van der Waals surface area contributed by atoms with Crippen molar-refractivity contribution in [2.75, 3.05) is 11.1 Å². The van der Waals surface area contributed by atoms with Crippen molar-refractivity contribution in [2.24, 2.45) is 0 Å². The summed E-state index contributed by atoms with van der Waals surface area (Å²) in [6.07, 6.45) is 0.354. The van der Waals surface area contributed by atoms with Gasteiger partial charge in [0, 0.05) is 17.9 Å². The predicted molar refractivity (Wildman–Crippen MR) is 86.6 cm³/mol. The standard InChI is InChI=1S/C16H16N4OS/c1-11-14(10-17)16(19-12(2)18-11)22-9-8-15(21)20-13-6-4-3-5-7-13/h3-7H,8-9H2,1-2H3,(H,20,21). The van der Waals surface area contributed by atoms with Crippen molar-refractivity contribution in [3.63, 3.8) is 0 Å². The fourth-order valence-electron chi connectivity index (χ4n) is 1.90. The van der Waals surface area contributed by atoms with E-state index in [4.69, 9.17) is 0 Å². The summed E-state index contributed by atoms with van der Waals surface area (Å²) in [6.45, 7) is 3.58. The first-order chi connectivity index (χ1) is 10.6. The lowest BCUT2D eigenvalue weighted by molar-refractivity contribution is -0.115.